The van der Waals surface area contributed by atoms with Crippen LogP contribution in [0.3, 0.4) is 0 Å². The molecule has 0 saturated heterocycles. The van der Waals surface area contributed by atoms with E-state index in [2.05, 4.69) is 13.8 Å². The first-order valence-corrected chi connectivity index (χ1v) is 14.7. The summed E-state index contributed by atoms with van der Waals surface area (Å²) in [6, 6.07) is 0. The summed E-state index contributed by atoms with van der Waals surface area (Å²) in [5, 5.41) is 0. The van der Waals surface area contributed by atoms with Gasteiger partial charge in [0.1, 0.15) is 0 Å². The molecule has 0 bridgehead atoms. The summed E-state index contributed by atoms with van der Waals surface area (Å²) < 4.78 is 31.8. The molecule has 0 N–H and O–H groups in total. The van der Waals surface area contributed by atoms with Crippen molar-refractivity contribution in [3.05, 3.63) is 0 Å². The molecule has 0 aliphatic carbocycles. The van der Waals surface area contributed by atoms with Crippen molar-refractivity contribution >= 4 is 33.1 Å². The quantitative estimate of drug-likeness (QED) is 0.0976. The summed E-state index contributed by atoms with van der Waals surface area (Å²) in [7, 11) is 0. The van der Waals surface area contributed by atoms with Crippen molar-refractivity contribution in [2.24, 2.45) is 0 Å². The molecule has 0 fully saturated rings. The van der Waals surface area contributed by atoms with Crippen LogP contribution in [0.4, 0.5) is 0 Å². The van der Waals surface area contributed by atoms with Gasteiger partial charge < -0.3 is 0 Å². The molecule has 8 nitrogen and oxygen atoms in total. The molecule has 4 unspecified atom stereocenters. The molecule has 0 amide bonds. The van der Waals surface area contributed by atoms with Gasteiger partial charge in [-0.3, -0.25) is 0 Å². The Hall–Kier alpha value is -0.421. The van der Waals surface area contributed by atoms with E-state index >= 15 is 0 Å². The van der Waals surface area contributed by atoms with Crippen LogP contribution in [0, 0.1) is 0 Å². The van der Waals surface area contributed by atoms with Gasteiger partial charge in [-0.1, -0.05) is 0 Å². The molecular formula is C22H42O8Sn+2. The minimum atomic E-state index is -1.41. The van der Waals surface area contributed by atoms with E-state index in [9.17, 15) is 9.59 Å². The maximum absolute atomic E-state index is 12.3. The van der Waals surface area contributed by atoms with Gasteiger partial charge in [0, 0.05) is 0 Å². The molecule has 0 aromatic heterocycles. The maximum atomic E-state index is 12.3. The number of carbonyl (C=O) groups is 2. The third-order valence-electron chi connectivity index (χ3n) is 4.22. The van der Waals surface area contributed by atoms with E-state index in [4.69, 9.17) is 28.4 Å². The molecule has 0 heterocycles. The van der Waals surface area contributed by atoms with Gasteiger partial charge in [0.25, 0.3) is 0 Å². The van der Waals surface area contributed by atoms with Crippen molar-refractivity contribution in [3.63, 3.8) is 0 Å². The summed E-state index contributed by atoms with van der Waals surface area (Å²) in [4.78, 5) is 24.6. The first-order valence-electron chi connectivity index (χ1n) is 11.4. The van der Waals surface area contributed by atoms with Gasteiger partial charge >= 0.3 is 198 Å². The topological polar surface area (TPSA) is 89.5 Å². The van der Waals surface area contributed by atoms with Crippen LogP contribution in [0.5, 0.6) is 0 Å². The fourth-order valence-corrected chi connectivity index (χ4v) is 5.66. The zero-order chi connectivity index (χ0) is 23.5. The van der Waals surface area contributed by atoms with Crippen LogP contribution in [-0.2, 0) is 38.0 Å². The summed E-state index contributed by atoms with van der Waals surface area (Å²) in [5.74, 6) is -0.668. The molecule has 180 valence electrons. The molecule has 0 saturated carbocycles. The summed E-state index contributed by atoms with van der Waals surface area (Å²) in [6.45, 7) is 14.3. The first kappa shape index (κ1) is 30.6. The van der Waals surface area contributed by atoms with Crippen LogP contribution < -0.4 is 0 Å². The summed E-state index contributed by atoms with van der Waals surface area (Å²) in [5.41, 5.74) is 0. The Morgan fingerprint density at radius 1 is 0.645 bits per heavy atom. The fourth-order valence-electron chi connectivity index (χ4n) is 2.35. The van der Waals surface area contributed by atoms with Crippen molar-refractivity contribution in [3.8, 4) is 0 Å². The van der Waals surface area contributed by atoms with Crippen molar-refractivity contribution in [2.75, 3.05) is 39.6 Å². The molecule has 4 atom stereocenters. The Labute approximate surface area is 198 Å². The molecule has 0 aromatic carbocycles. The SMILES string of the molecule is CCCCOCCOC(C)OC(=O)[CH](C)[Sn+2][CH](C)C(=O)OC(C)OCCOCCCC. The Bertz CT molecular complexity index is 423. The Morgan fingerprint density at radius 3 is 1.39 bits per heavy atom. The van der Waals surface area contributed by atoms with Crippen LogP contribution in [-0.4, -0.2) is 85.3 Å². The number of esters is 2. The van der Waals surface area contributed by atoms with Crippen molar-refractivity contribution in [1.82, 2.24) is 0 Å². The zero-order valence-corrected chi connectivity index (χ0v) is 23.0. The molecule has 9 heteroatoms. The third kappa shape index (κ3) is 17.8. The summed E-state index contributed by atoms with van der Waals surface area (Å²) >= 11 is -1.41. The van der Waals surface area contributed by atoms with E-state index in [0.29, 0.717) is 39.6 Å². The van der Waals surface area contributed by atoms with Gasteiger partial charge in [-0.25, -0.2) is 0 Å². The predicted molar refractivity (Wildman–Crippen MR) is 119 cm³/mol. The Kier molecular flexibility index (Phi) is 19.9. The molecule has 0 rings (SSSR count). The average Bonchev–Trinajstić information content (AvgIpc) is 2.72. The number of carbonyl (C=O) groups excluding carboxylic acids is 2. The number of rotatable bonds is 20. The minimum absolute atomic E-state index is 0.291. The molecule has 0 spiro atoms. The second-order valence-electron chi connectivity index (χ2n) is 7.29. The zero-order valence-electron chi connectivity index (χ0n) is 20.1. The van der Waals surface area contributed by atoms with Crippen LogP contribution in [0.1, 0.15) is 67.2 Å². The van der Waals surface area contributed by atoms with Gasteiger partial charge in [0.2, 0.25) is 0 Å². The standard InChI is InChI=1S/2C11H21O4.Sn/c2*1-4-6-7-13-8-9-14-10(3)15-11(12)5-2;/h2*5,10H,4,6-9H2,1-3H3;/q;;+2. The second kappa shape index (κ2) is 20.2. The van der Waals surface area contributed by atoms with Gasteiger partial charge in [0.15, 0.2) is 0 Å². The Balaban J connectivity index is 4.01. The second-order valence-corrected chi connectivity index (χ2v) is 13.2. The van der Waals surface area contributed by atoms with Gasteiger partial charge in [-0.2, -0.15) is 0 Å². The van der Waals surface area contributed by atoms with Gasteiger partial charge in [-0.05, 0) is 0 Å². The molecule has 31 heavy (non-hydrogen) atoms. The van der Waals surface area contributed by atoms with E-state index < -0.39 is 33.7 Å². The molecule has 0 aliphatic heterocycles. The van der Waals surface area contributed by atoms with Crippen LogP contribution >= 0.6 is 0 Å². The van der Waals surface area contributed by atoms with E-state index in [1.807, 2.05) is 0 Å². The molecular weight excluding hydrogens is 511 g/mol. The molecule has 0 radical (unpaired) electrons. The van der Waals surface area contributed by atoms with Crippen molar-refractivity contribution < 1.29 is 38.0 Å². The van der Waals surface area contributed by atoms with Crippen molar-refractivity contribution in [1.29, 1.82) is 0 Å². The van der Waals surface area contributed by atoms with E-state index in [-0.39, 0.29) is 19.8 Å². The number of hydrogen-bond acceptors (Lipinski definition) is 8. The number of hydrogen-bond donors (Lipinski definition) is 0. The van der Waals surface area contributed by atoms with Crippen LogP contribution in [0.2, 0.25) is 7.87 Å². The van der Waals surface area contributed by atoms with Crippen LogP contribution in [0.25, 0.3) is 0 Å². The van der Waals surface area contributed by atoms with Crippen molar-refractivity contribution in [2.45, 2.75) is 87.7 Å². The van der Waals surface area contributed by atoms with Gasteiger partial charge in [-0.15, -0.1) is 0 Å². The van der Waals surface area contributed by atoms with E-state index in [1.54, 1.807) is 27.7 Å². The predicted octanol–water partition coefficient (Wildman–Crippen LogP) is 3.75. The average molecular weight is 553 g/mol. The number of unbranched alkanes of at least 4 members (excludes halogenated alkanes) is 2. The fraction of sp³-hybridized carbons (Fsp3) is 0.909. The Morgan fingerprint density at radius 2 is 1.03 bits per heavy atom. The van der Waals surface area contributed by atoms with Gasteiger partial charge in [0.05, 0.1) is 0 Å². The number of ether oxygens (including phenoxy) is 6. The van der Waals surface area contributed by atoms with E-state index in [1.165, 1.54) is 0 Å². The molecule has 0 aliphatic rings. The molecule has 0 aromatic rings. The monoisotopic (exact) mass is 554 g/mol. The summed E-state index contributed by atoms with van der Waals surface area (Å²) in [6.07, 6.45) is 2.94. The first-order chi connectivity index (χ1) is 14.8. The normalized spacial score (nSPS) is 14.9. The van der Waals surface area contributed by atoms with E-state index in [0.717, 1.165) is 25.7 Å². The third-order valence-corrected chi connectivity index (χ3v) is 8.42. The van der Waals surface area contributed by atoms with Crippen LogP contribution in [0.15, 0.2) is 0 Å².